The van der Waals surface area contributed by atoms with Crippen molar-refractivity contribution in [1.82, 2.24) is 4.90 Å². The van der Waals surface area contributed by atoms with Crippen LogP contribution in [0, 0.1) is 5.92 Å². The lowest BCUT2D eigenvalue weighted by atomic mass is 10.2. The first-order valence-electron chi connectivity index (χ1n) is 6.25. The Morgan fingerprint density at radius 1 is 1.50 bits per heavy atom. The Hall–Kier alpha value is 0.230. The van der Waals surface area contributed by atoms with E-state index in [1.165, 1.54) is 6.54 Å². The van der Waals surface area contributed by atoms with Crippen molar-refractivity contribution in [2.45, 2.75) is 26.4 Å². The molecule has 0 saturated carbocycles. The summed E-state index contributed by atoms with van der Waals surface area (Å²) in [6.07, 6.45) is 1.28. The van der Waals surface area contributed by atoms with Gasteiger partial charge in [0.05, 0.1) is 12.7 Å². The predicted molar refractivity (Wildman–Crippen MR) is 70.0 cm³/mol. The SMILES string of the molecule is CC(C)CN1CCOC(CSCCCO)C1. The van der Waals surface area contributed by atoms with Crippen molar-refractivity contribution >= 4 is 11.8 Å². The molecule has 0 spiro atoms. The van der Waals surface area contributed by atoms with Gasteiger partial charge in [0.15, 0.2) is 0 Å². The Kier molecular flexibility index (Phi) is 7.45. The molecule has 1 saturated heterocycles. The molecule has 1 atom stereocenters. The lowest BCUT2D eigenvalue weighted by Crippen LogP contribution is -2.44. The Bertz CT molecular complexity index is 178. The standard InChI is InChI=1S/C12H25NO2S/c1-11(2)8-13-4-6-15-12(9-13)10-16-7-3-5-14/h11-12,14H,3-10H2,1-2H3. The normalized spacial score (nSPS) is 22.9. The summed E-state index contributed by atoms with van der Waals surface area (Å²) in [6, 6.07) is 0. The summed E-state index contributed by atoms with van der Waals surface area (Å²) >= 11 is 1.89. The van der Waals surface area contributed by atoms with Crippen molar-refractivity contribution in [3.05, 3.63) is 0 Å². The number of morpholine rings is 1. The van der Waals surface area contributed by atoms with Crippen LogP contribution in [0.2, 0.25) is 0 Å². The number of ether oxygens (including phenoxy) is 1. The van der Waals surface area contributed by atoms with Gasteiger partial charge in [-0.1, -0.05) is 13.8 Å². The summed E-state index contributed by atoms with van der Waals surface area (Å²) in [7, 11) is 0. The molecule has 1 aliphatic rings. The van der Waals surface area contributed by atoms with Gasteiger partial charge in [0, 0.05) is 32.0 Å². The largest absolute Gasteiger partial charge is 0.396 e. The minimum Gasteiger partial charge on any atom is -0.396 e. The lowest BCUT2D eigenvalue weighted by Gasteiger charge is -2.33. The topological polar surface area (TPSA) is 32.7 Å². The number of rotatable bonds is 7. The molecule has 1 fully saturated rings. The fraction of sp³-hybridized carbons (Fsp3) is 1.00. The minimum atomic E-state index is 0.304. The van der Waals surface area contributed by atoms with Crippen LogP contribution in [0.4, 0.5) is 0 Å². The fourth-order valence-corrected chi connectivity index (χ4v) is 2.91. The first kappa shape index (κ1) is 14.3. The Morgan fingerprint density at radius 3 is 3.00 bits per heavy atom. The summed E-state index contributed by atoms with van der Waals surface area (Å²) in [5.41, 5.74) is 0. The molecule has 1 aliphatic heterocycles. The molecule has 0 aliphatic carbocycles. The number of nitrogens with zero attached hydrogens (tertiary/aromatic N) is 1. The number of aliphatic hydroxyl groups excluding tert-OH is 1. The molecular weight excluding hydrogens is 222 g/mol. The van der Waals surface area contributed by atoms with Crippen LogP contribution in [0.5, 0.6) is 0 Å². The Balaban J connectivity index is 2.12. The van der Waals surface area contributed by atoms with Crippen molar-refractivity contribution in [3.8, 4) is 0 Å². The third kappa shape index (κ3) is 6.09. The van der Waals surface area contributed by atoms with Gasteiger partial charge in [0.25, 0.3) is 0 Å². The average molecular weight is 247 g/mol. The molecule has 4 heteroatoms. The Labute approximate surface area is 104 Å². The molecule has 0 amide bonds. The van der Waals surface area contributed by atoms with Crippen molar-refractivity contribution in [2.24, 2.45) is 5.92 Å². The van der Waals surface area contributed by atoms with Crippen molar-refractivity contribution < 1.29 is 9.84 Å². The smallest absolute Gasteiger partial charge is 0.0792 e. The highest BCUT2D eigenvalue weighted by molar-refractivity contribution is 7.99. The van der Waals surface area contributed by atoms with E-state index in [9.17, 15) is 0 Å². The second-order valence-corrected chi connectivity index (χ2v) is 5.95. The summed E-state index contributed by atoms with van der Waals surface area (Å²) in [5.74, 6) is 2.84. The van der Waals surface area contributed by atoms with E-state index in [2.05, 4.69) is 18.7 Å². The summed E-state index contributed by atoms with van der Waals surface area (Å²) in [6.45, 7) is 9.04. The second-order valence-electron chi connectivity index (χ2n) is 4.80. The fourth-order valence-electron chi connectivity index (χ4n) is 1.94. The van der Waals surface area contributed by atoms with Crippen LogP contribution in [0.25, 0.3) is 0 Å². The number of aliphatic hydroxyl groups is 1. The number of hydrogen-bond donors (Lipinski definition) is 1. The number of thioether (sulfide) groups is 1. The predicted octanol–water partition coefficient (Wildman–Crippen LogP) is 1.46. The quantitative estimate of drug-likeness (QED) is 0.690. The highest BCUT2D eigenvalue weighted by atomic mass is 32.2. The van der Waals surface area contributed by atoms with Crippen LogP contribution in [0.15, 0.2) is 0 Å². The molecule has 96 valence electrons. The monoisotopic (exact) mass is 247 g/mol. The minimum absolute atomic E-state index is 0.304. The van der Waals surface area contributed by atoms with E-state index in [0.717, 1.165) is 43.5 Å². The Morgan fingerprint density at radius 2 is 2.31 bits per heavy atom. The van der Waals surface area contributed by atoms with E-state index in [1.54, 1.807) is 0 Å². The zero-order chi connectivity index (χ0) is 11.8. The summed E-state index contributed by atoms with van der Waals surface area (Å²) < 4.78 is 5.74. The van der Waals surface area contributed by atoms with Crippen molar-refractivity contribution in [1.29, 1.82) is 0 Å². The van der Waals surface area contributed by atoms with Crippen LogP contribution in [0.1, 0.15) is 20.3 Å². The van der Waals surface area contributed by atoms with Crippen molar-refractivity contribution in [3.63, 3.8) is 0 Å². The van der Waals surface area contributed by atoms with Gasteiger partial charge >= 0.3 is 0 Å². The molecule has 0 aromatic rings. The van der Waals surface area contributed by atoms with Gasteiger partial charge < -0.3 is 9.84 Å². The molecule has 3 nitrogen and oxygen atoms in total. The van der Waals surface area contributed by atoms with Gasteiger partial charge in [-0.15, -0.1) is 0 Å². The molecule has 0 radical (unpaired) electrons. The molecule has 16 heavy (non-hydrogen) atoms. The molecule has 0 aromatic heterocycles. The highest BCUT2D eigenvalue weighted by Crippen LogP contribution is 2.13. The second kappa shape index (κ2) is 8.34. The zero-order valence-electron chi connectivity index (χ0n) is 10.5. The first-order valence-corrected chi connectivity index (χ1v) is 7.40. The van der Waals surface area contributed by atoms with Gasteiger partial charge in [-0.25, -0.2) is 0 Å². The van der Waals surface area contributed by atoms with Crippen LogP contribution in [-0.2, 0) is 4.74 Å². The van der Waals surface area contributed by atoms with Gasteiger partial charge in [0.1, 0.15) is 0 Å². The maximum Gasteiger partial charge on any atom is 0.0792 e. The summed E-state index contributed by atoms with van der Waals surface area (Å²) in [5, 5.41) is 8.69. The maximum absolute atomic E-state index is 8.69. The zero-order valence-corrected chi connectivity index (χ0v) is 11.3. The number of hydrogen-bond acceptors (Lipinski definition) is 4. The third-order valence-electron chi connectivity index (χ3n) is 2.60. The van der Waals surface area contributed by atoms with E-state index < -0.39 is 0 Å². The molecule has 1 N–H and O–H groups in total. The summed E-state index contributed by atoms with van der Waals surface area (Å²) in [4.78, 5) is 2.51. The van der Waals surface area contributed by atoms with Crippen LogP contribution < -0.4 is 0 Å². The molecule has 0 aromatic carbocycles. The molecule has 0 bridgehead atoms. The van der Waals surface area contributed by atoms with Gasteiger partial charge in [-0.05, 0) is 18.1 Å². The average Bonchev–Trinajstić information content (AvgIpc) is 2.24. The molecule has 1 rings (SSSR count). The van der Waals surface area contributed by atoms with E-state index >= 15 is 0 Å². The third-order valence-corrected chi connectivity index (χ3v) is 3.78. The maximum atomic E-state index is 8.69. The molecule has 1 unspecified atom stereocenters. The van der Waals surface area contributed by atoms with Crippen LogP contribution >= 0.6 is 11.8 Å². The van der Waals surface area contributed by atoms with Gasteiger partial charge in [0.2, 0.25) is 0 Å². The molecular formula is C12H25NO2S. The van der Waals surface area contributed by atoms with Crippen LogP contribution in [0.3, 0.4) is 0 Å². The van der Waals surface area contributed by atoms with Crippen molar-refractivity contribution in [2.75, 3.05) is 44.4 Å². The van der Waals surface area contributed by atoms with Gasteiger partial charge in [-0.2, -0.15) is 11.8 Å². The van der Waals surface area contributed by atoms with Crippen LogP contribution in [-0.4, -0.2) is 60.5 Å². The van der Waals surface area contributed by atoms with E-state index in [-0.39, 0.29) is 0 Å². The first-order chi connectivity index (χ1) is 7.72. The molecule has 1 heterocycles. The van der Waals surface area contributed by atoms with E-state index in [1.807, 2.05) is 11.8 Å². The lowest BCUT2D eigenvalue weighted by molar-refractivity contribution is -0.0191. The van der Waals surface area contributed by atoms with Gasteiger partial charge in [-0.3, -0.25) is 4.90 Å². The highest BCUT2D eigenvalue weighted by Gasteiger charge is 2.20. The van der Waals surface area contributed by atoms with E-state index in [4.69, 9.17) is 9.84 Å². The van der Waals surface area contributed by atoms with E-state index in [0.29, 0.717) is 12.7 Å².